The average molecular weight is 133 g/mol. The molecule has 0 aromatic heterocycles. The maximum Gasteiger partial charge on any atom is 0.232 e. The van der Waals surface area contributed by atoms with Gasteiger partial charge in [-0.15, -0.1) is 0 Å². The van der Waals surface area contributed by atoms with Crippen LogP contribution in [0.4, 0.5) is 0 Å². The van der Waals surface area contributed by atoms with Gasteiger partial charge < -0.3 is 0 Å². The minimum atomic E-state index is -2.92. The van der Waals surface area contributed by atoms with Crippen molar-refractivity contribution in [3.63, 3.8) is 0 Å². The number of hydrogen-bond acceptors (Lipinski definition) is 2. The Morgan fingerprint density at radius 3 is 2.50 bits per heavy atom. The minimum absolute atomic E-state index is 0.226. The van der Waals surface area contributed by atoms with Crippen LogP contribution in [0.25, 0.3) is 0 Å². The van der Waals surface area contributed by atoms with Gasteiger partial charge in [0.15, 0.2) is 0 Å². The molecule has 1 N–H and O–H groups in total. The Labute approximate surface area is 48.4 Å². The van der Waals surface area contributed by atoms with Crippen LogP contribution in [0.2, 0.25) is 0 Å². The van der Waals surface area contributed by atoms with Gasteiger partial charge in [-0.2, -0.15) is 0 Å². The Hall–Kier alpha value is -0.510. The SMILES string of the molecule is O=S1(=O)CCC=CN1. The van der Waals surface area contributed by atoms with Crippen LogP contribution in [0.5, 0.6) is 0 Å². The Morgan fingerprint density at radius 2 is 2.25 bits per heavy atom. The molecule has 3 nitrogen and oxygen atoms in total. The quantitative estimate of drug-likeness (QED) is 0.498. The second kappa shape index (κ2) is 1.78. The summed E-state index contributed by atoms with van der Waals surface area (Å²) in [5.41, 5.74) is 0. The summed E-state index contributed by atoms with van der Waals surface area (Å²) in [6.45, 7) is 0. The molecule has 4 heteroatoms. The van der Waals surface area contributed by atoms with Gasteiger partial charge in [0, 0.05) is 6.20 Å². The van der Waals surface area contributed by atoms with E-state index in [-0.39, 0.29) is 5.75 Å². The minimum Gasteiger partial charge on any atom is -0.291 e. The first-order chi connectivity index (χ1) is 3.71. The molecule has 0 unspecified atom stereocenters. The van der Waals surface area contributed by atoms with Crippen molar-refractivity contribution >= 4 is 10.0 Å². The Morgan fingerprint density at radius 1 is 1.50 bits per heavy atom. The fraction of sp³-hybridized carbons (Fsp3) is 0.500. The van der Waals surface area contributed by atoms with Crippen molar-refractivity contribution in [3.05, 3.63) is 12.3 Å². The van der Waals surface area contributed by atoms with E-state index < -0.39 is 10.0 Å². The third kappa shape index (κ3) is 1.23. The molecule has 8 heavy (non-hydrogen) atoms. The van der Waals surface area contributed by atoms with E-state index in [1.807, 2.05) is 0 Å². The van der Waals surface area contributed by atoms with Gasteiger partial charge in [-0.1, -0.05) is 6.08 Å². The monoisotopic (exact) mass is 133 g/mol. The van der Waals surface area contributed by atoms with E-state index >= 15 is 0 Å². The lowest BCUT2D eigenvalue weighted by Crippen LogP contribution is -2.23. The Bertz CT molecular complexity index is 192. The molecule has 0 aromatic rings. The topological polar surface area (TPSA) is 46.2 Å². The fourth-order valence-corrected chi connectivity index (χ4v) is 1.39. The van der Waals surface area contributed by atoms with Gasteiger partial charge in [0.25, 0.3) is 0 Å². The van der Waals surface area contributed by atoms with Crippen molar-refractivity contribution in [2.45, 2.75) is 6.42 Å². The standard InChI is InChI=1S/C4H7NO2S/c6-8(7)4-2-1-3-5-8/h1,3,5H,2,4H2. The molecule has 0 atom stereocenters. The van der Waals surface area contributed by atoms with Gasteiger partial charge >= 0.3 is 0 Å². The molecule has 1 aliphatic rings. The number of rotatable bonds is 0. The maximum atomic E-state index is 10.5. The largest absolute Gasteiger partial charge is 0.291 e. The highest BCUT2D eigenvalue weighted by atomic mass is 32.2. The van der Waals surface area contributed by atoms with E-state index in [0.29, 0.717) is 6.42 Å². The van der Waals surface area contributed by atoms with Crippen LogP contribution < -0.4 is 4.72 Å². The maximum absolute atomic E-state index is 10.5. The highest BCUT2D eigenvalue weighted by Gasteiger charge is 2.07. The molecule has 0 spiro atoms. The second-order valence-electron chi connectivity index (χ2n) is 1.63. The lowest BCUT2D eigenvalue weighted by atomic mass is 10.5. The normalized spacial score (nSPS) is 24.5. The molecule has 1 rings (SSSR count). The predicted molar refractivity (Wildman–Crippen MR) is 30.7 cm³/mol. The number of hydrogen-bond donors (Lipinski definition) is 1. The van der Waals surface area contributed by atoms with Crippen LogP contribution in [-0.4, -0.2) is 14.2 Å². The summed E-state index contributed by atoms with van der Waals surface area (Å²) < 4.78 is 23.2. The van der Waals surface area contributed by atoms with Crippen molar-refractivity contribution in [1.82, 2.24) is 4.72 Å². The van der Waals surface area contributed by atoms with E-state index in [1.54, 1.807) is 6.08 Å². The van der Waals surface area contributed by atoms with Crippen molar-refractivity contribution < 1.29 is 8.42 Å². The summed E-state index contributed by atoms with van der Waals surface area (Å²) in [6.07, 6.45) is 3.88. The molecule has 0 aliphatic carbocycles. The first kappa shape index (κ1) is 5.62. The molecule has 0 saturated carbocycles. The van der Waals surface area contributed by atoms with Crippen LogP contribution in [0.3, 0.4) is 0 Å². The number of allylic oxidation sites excluding steroid dienone is 1. The van der Waals surface area contributed by atoms with Gasteiger partial charge in [-0.3, -0.25) is 4.72 Å². The van der Waals surface area contributed by atoms with Gasteiger partial charge in [0.2, 0.25) is 10.0 Å². The Kier molecular flexibility index (Phi) is 1.25. The van der Waals surface area contributed by atoms with Gasteiger partial charge in [0.05, 0.1) is 5.75 Å². The third-order valence-electron chi connectivity index (χ3n) is 0.919. The third-order valence-corrected chi connectivity index (χ3v) is 2.19. The number of sulfonamides is 1. The van der Waals surface area contributed by atoms with Crippen LogP contribution in [0, 0.1) is 0 Å². The zero-order chi connectivity index (χ0) is 6.04. The second-order valence-corrected chi connectivity index (χ2v) is 3.50. The fourth-order valence-electron chi connectivity index (χ4n) is 0.517. The molecular formula is C4H7NO2S. The highest BCUT2D eigenvalue weighted by molar-refractivity contribution is 7.89. The van der Waals surface area contributed by atoms with Crippen LogP contribution >= 0.6 is 0 Å². The molecule has 0 radical (unpaired) electrons. The smallest absolute Gasteiger partial charge is 0.232 e. The van der Waals surface area contributed by atoms with E-state index in [0.717, 1.165) is 0 Å². The summed E-state index contributed by atoms with van der Waals surface area (Å²) in [5, 5.41) is 0. The lowest BCUT2D eigenvalue weighted by Gasteiger charge is -2.04. The zero-order valence-electron chi connectivity index (χ0n) is 4.29. The van der Waals surface area contributed by atoms with Crippen LogP contribution in [0.1, 0.15) is 6.42 Å². The molecule has 0 saturated heterocycles. The average Bonchev–Trinajstić information content (AvgIpc) is 1.65. The van der Waals surface area contributed by atoms with Gasteiger partial charge in [0.1, 0.15) is 0 Å². The van der Waals surface area contributed by atoms with Crippen molar-refractivity contribution in [2.24, 2.45) is 0 Å². The molecule has 0 fully saturated rings. The lowest BCUT2D eigenvalue weighted by molar-refractivity contribution is 0.588. The van der Waals surface area contributed by atoms with Gasteiger partial charge in [-0.05, 0) is 6.42 Å². The van der Waals surface area contributed by atoms with Crippen LogP contribution in [0.15, 0.2) is 12.3 Å². The molecule has 1 heterocycles. The highest BCUT2D eigenvalue weighted by Crippen LogP contribution is 1.95. The van der Waals surface area contributed by atoms with Crippen molar-refractivity contribution in [3.8, 4) is 0 Å². The summed E-state index contributed by atoms with van der Waals surface area (Å²) in [6, 6.07) is 0. The summed E-state index contributed by atoms with van der Waals surface area (Å²) >= 11 is 0. The molecule has 0 amide bonds. The van der Waals surface area contributed by atoms with E-state index in [2.05, 4.69) is 4.72 Å². The van der Waals surface area contributed by atoms with E-state index in [1.165, 1.54) is 6.20 Å². The molecule has 0 aromatic carbocycles. The first-order valence-electron chi connectivity index (χ1n) is 2.36. The van der Waals surface area contributed by atoms with E-state index in [9.17, 15) is 8.42 Å². The number of nitrogens with one attached hydrogen (secondary N) is 1. The summed E-state index contributed by atoms with van der Waals surface area (Å²) in [5.74, 6) is 0.226. The van der Waals surface area contributed by atoms with E-state index in [4.69, 9.17) is 0 Å². The summed E-state index contributed by atoms with van der Waals surface area (Å²) in [7, 11) is -2.92. The molecule has 0 bridgehead atoms. The molecular weight excluding hydrogens is 126 g/mol. The van der Waals surface area contributed by atoms with Gasteiger partial charge in [-0.25, -0.2) is 8.42 Å². The molecule has 1 aliphatic heterocycles. The zero-order valence-corrected chi connectivity index (χ0v) is 5.11. The first-order valence-corrected chi connectivity index (χ1v) is 4.01. The predicted octanol–water partition coefficient (Wildman–Crippen LogP) is -0.177. The molecule has 46 valence electrons. The van der Waals surface area contributed by atoms with Crippen molar-refractivity contribution in [2.75, 3.05) is 5.75 Å². The Balaban J connectivity index is 2.79. The van der Waals surface area contributed by atoms with Crippen LogP contribution in [-0.2, 0) is 10.0 Å². The summed E-state index contributed by atoms with van der Waals surface area (Å²) in [4.78, 5) is 0. The van der Waals surface area contributed by atoms with Crippen molar-refractivity contribution in [1.29, 1.82) is 0 Å².